The van der Waals surface area contributed by atoms with Gasteiger partial charge in [-0.05, 0) is 0 Å². The molecule has 0 spiro atoms. The lowest BCUT2D eigenvalue weighted by molar-refractivity contribution is 0.194. The second kappa shape index (κ2) is 25.1. The van der Waals surface area contributed by atoms with E-state index in [9.17, 15) is 19.2 Å². The van der Waals surface area contributed by atoms with E-state index in [4.69, 9.17) is 20.4 Å². The van der Waals surface area contributed by atoms with Crippen LogP contribution >= 0.6 is 0 Å². The van der Waals surface area contributed by atoms with Gasteiger partial charge in [0.2, 0.25) is 0 Å². The minimum atomic E-state index is -1.62. The number of carboxylic acid groups (broad SMARTS) is 4. The average Bonchev–Trinajstić information content (AvgIpc) is 2.52. The molecule has 12 nitrogen and oxygen atoms in total. The minimum Gasteiger partial charge on any atom is -0.462 e. The molecule has 0 bridgehead atoms. The molecular formula is C12H24N4O8. The third kappa shape index (κ3) is 75.6. The second-order valence-electron chi connectivity index (χ2n) is 3.53. The number of amides is 4. The molecule has 0 atom stereocenters. The van der Waals surface area contributed by atoms with E-state index >= 15 is 0 Å². The van der Waals surface area contributed by atoms with E-state index in [1.807, 2.05) is 0 Å². The van der Waals surface area contributed by atoms with Crippen LogP contribution in [0, 0.1) is 0 Å². The summed E-state index contributed by atoms with van der Waals surface area (Å²) in [5, 5.41) is 39.6. The van der Waals surface area contributed by atoms with Crippen molar-refractivity contribution in [1.29, 1.82) is 0 Å². The molecule has 0 aromatic heterocycles. The molecule has 0 aliphatic rings. The Morgan fingerprint density at radius 2 is 0.625 bits per heavy atom. The van der Waals surface area contributed by atoms with Gasteiger partial charge in [0.15, 0.2) is 0 Å². The Balaban J connectivity index is -0.000000117. The molecular weight excluding hydrogens is 328 g/mol. The number of rotatable bonds is 2. The number of azo groups is 2. The number of nitrogens with zero attached hydrogens (tertiary/aromatic N) is 4. The van der Waals surface area contributed by atoms with Crippen molar-refractivity contribution in [2.24, 2.45) is 20.5 Å². The Kier molecular flexibility index (Phi) is 30.4. The van der Waals surface area contributed by atoms with Crippen LogP contribution in [0.5, 0.6) is 0 Å². The fourth-order valence-corrected chi connectivity index (χ4v) is 0.171. The van der Waals surface area contributed by atoms with E-state index in [0.717, 1.165) is 0 Å². The molecule has 0 heterocycles. The van der Waals surface area contributed by atoms with Crippen molar-refractivity contribution in [1.82, 2.24) is 0 Å². The van der Waals surface area contributed by atoms with Crippen LogP contribution in [0.2, 0.25) is 0 Å². The maximum Gasteiger partial charge on any atom is 0.450 e. The molecule has 4 amide bonds. The fourth-order valence-electron chi connectivity index (χ4n) is 0.171. The summed E-state index contributed by atoms with van der Waals surface area (Å²) in [6, 6.07) is 0. The zero-order chi connectivity index (χ0) is 20.0. The third-order valence-corrected chi connectivity index (χ3v) is 1.44. The van der Waals surface area contributed by atoms with Gasteiger partial charge in [0.25, 0.3) is 0 Å². The predicted molar refractivity (Wildman–Crippen MR) is 83.0 cm³/mol. The first-order valence-electron chi connectivity index (χ1n) is 6.83. The summed E-state index contributed by atoms with van der Waals surface area (Å²) in [6.07, 6.45) is -1.19. The number of unbranched alkanes of at least 4 members (excludes halogenated alkanes) is 2. The smallest absolute Gasteiger partial charge is 0.450 e. The standard InChI is InChI=1S/2C4H10.2C2H2N2O4/c2*1-3-4-2;2*5-1(6)3-4-2(7)8/h2*3-4H2,1-2H3;2*(H,5,6)(H,7,8)/b;;2*4-3+. The molecule has 0 aliphatic carbocycles. The summed E-state index contributed by atoms with van der Waals surface area (Å²) < 4.78 is 0. The van der Waals surface area contributed by atoms with Crippen molar-refractivity contribution in [2.75, 3.05) is 0 Å². The van der Waals surface area contributed by atoms with Gasteiger partial charge in [-0.15, -0.1) is 0 Å². The number of hydrogen-bond acceptors (Lipinski definition) is 4. The van der Waals surface area contributed by atoms with E-state index in [1.165, 1.54) is 25.7 Å². The number of hydrogen-bond donors (Lipinski definition) is 4. The molecule has 12 heteroatoms. The number of carbonyl (C=O) groups is 4. The first-order chi connectivity index (χ1) is 11.1. The third-order valence-electron chi connectivity index (χ3n) is 1.44. The van der Waals surface area contributed by atoms with Gasteiger partial charge in [-0.1, -0.05) is 73.8 Å². The summed E-state index contributed by atoms with van der Waals surface area (Å²) >= 11 is 0. The van der Waals surface area contributed by atoms with Gasteiger partial charge in [0.05, 0.1) is 0 Å². The summed E-state index contributed by atoms with van der Waals surface area (Å²) in [5.41, 5.74) is 0. The Hall–Kier alpha value is -2.92. The zero-order valence-corrected chi connectivity index (χ0v) is 14.0. The van der Waals surface area contributed by atoms with Gasteiger partial charge in [-0.25, -0.2) is 19.2 Å². The van der Waals surface area contributed by atoms with Crippen LogP contribution in [0.3, 0.4) is 0 Å². The van der Waals surface area contributed by atoms with Crippen LogP contribution in [0.15, 0.2) is 20.5 Å². The highest BCUT2D eigenvalue weighted by atomic mass is 16.4. The van der Waals surface area contributed by atoms with Crippen molar-refractivity contribution in [3.8, 4) is 0 Å². The van der Waals surface area contributed by atoms with E-state index in [0.29, 0.717) is 0 Å². The largest absolute Gasteiger partial charge is 0.462 e. The van der Waals surface area contributed by atoms with Crippen LogP contribution in [0.25, 0.3) is 0 Å². The zero-order valence-electron chi connectivity index (χ0n) is 14.0. The first-order valence-corrected chi connectivity index (χ1v) is 6.83. The normalized spacial score (nSPS) is 8.83. The fraction of sp³-hybridized carbons (Fsp3) is 0.667. The van der Waals surface area contributed by atoms with Crippen molar-refractivity contribution < 1.29 is 39.6 Å². The van der Waals surface area contributed by atoms with Crippen molar-refractivity contribution in [3.05, 3.63) is 0 Å². The van der Waals surface area contributed by atoms with Gasteiger partial charge in [-0.2, -0.15) is 0 Å². The molecule has 0 unspecified atom stereocenters. The molecule has 0 aromatic carbocycles. The van der Waals surface area contributed by atoms with E-state index in [2.05, 4.69) is 48.2 Å². The molecule has 0 saturated heterocycles. The van der Waals surface area contributed by atoms with E-state index in [1.54, 1.807) is 0 Å². The highest BCUT2D eigenvalue weighted by molar-refractivity contribution is 5.70. The summed E-state index contributed by atoms with van der Waals surface area (Å²) in [6.45, 7) is 8.72. The molecule has 0 saturated carbocycles. The van der Waals surface area contributed by atoms with Gasteiger partial charge in [0, 0.05) is 0 Å². The van der Waals surface area contributed by atoms with Crippen molar-refractivity contribution in [3.63, 3.8) is 0 Å². The van der Waals surface area contributed by atoms with Crippen molar-refractivity contribution in [2.45, 2.75) is 53.4 Å². The van der Waals surface area contributed by atoms with Crippen molar-refractivity contribution >= 4 is 24.4 Å². The van der Waals surface area contributed by atoms with E-state index in [-0.39, 0.29) is 0 Å². The van der Waals surface area contributed by atoms with Gasteiger partial charge < -0.3 is 20.4 Å². The van der Waals surface area contributed by atoms with Crippen LogP contribution < -0.4 is 0 Å². The molecule has 0 fully saturated rings. The topological polar surface area (TPSA) is 199 Å². The van der Waals surface area contributed by atoms with Gasteiger partial charge in [-0.3, -0.25) is 0 Å². The van der Waals surface area contributed by atoms with Crippen LogP contribution in [-0.2, 0) is 0 Å². The molecule has 0 aromatic rings. The lowest BCUT2D eigenvalue weighted by Gasteiger charge is -1.72. The first kappa shape index (κ1) is 29.1. The maximum atomic E-state index is 9.38. The molecule has 24 heavy (non-hydrogen) atoms. The van der Waals surface area contributed by atoms with Crippen LogP contribution in [-0.4, -0.2) is 44.8 Å². The summed E-state index contributed by atoms with van der Waals surface area (Å²) in [7, 11) is 0. The Morgan fingerprint density at radius 1 is 0.500 bits per heavy atom. The highest BCUT2D eigenvalue weighted by Gasteiger charge is 1.91. The molecule has 140 valence electrons. The maximum absolute atomic E-state index is 9.38. The lowest BCUT2D eigenvalue weighted by atomic mass is 10.4. The molecule has 0 rings (SSSR count). The van der Waals surface area contributed by atoms with Crippen LogP contribution in [0.1, 0.15) is 53.4 Å². The quantitative estimate of drug-likeness (QED) is 0.485. The van der Waals surface area contributed by atoms with Crippen LogP contribution in [0.4, 0.5) is 19.2 Å². The Labute approximate surface area is 138 Å². The average molecular weight is 352 g/mol. The lowest BCUT2D eigenvalue weighted by Crippen LogP contribution is -1.87. The molecule has 4 N–H and O–H groups in total. The minimum absolute atomic E-state index is 1.32. The second-order valence-corrected chi connectivity index (χ2v) is 3.53. The Morgan fingerprint density at radius 3 is 0.667 bits per heavy atom. The summed E-state index contributed by atoms with van der Waals surface area (Å²) in [4.78, 5) is 37.5. The van der Waals surface area contributed by atoms with Gasteiger partial charge in [0.1, 0.15) is 0 Å². The van der Waals surface area contributed by atoms with E-state index < -0.39 is 24.4 Å². The molecule has 0 aliphatic heterocycles. The Bertz CT molecular complexity index is 336. The monoisotopic (exact) mass is 352 g/mol. The SMILES string of the molecule is CCCC.CCCC.O=C(O)/N=N/C(=O)O.O=C(O)/N=N/C(=O)O. The predicted octanol–water partition coefficient (Wildman–Crippen LogP) is 5.20. The van der Waals surface area contributed by atoms with Gasteiger partial charge >= 0.3 is 24.4 Å². The molecule has 0 radical (unpaired) electrons. The highest BCUT2D eigenvalue weighted by Crippen LogP contribution is 1.78. The summed E-state index contributed by atoms with van der Waals surface area (Å²) in [5.74, 6) is 0.